The van der Waals surface area contributed by atoms with Gasteiger partial charge in [0.05, 0.1) is 6.61 Å². The van der Waals surface area contributed by atoms with Crippen molar-refractivity contribution in [1.29, 1.82) is 0 Å². The molecule has 0 atom stereocenters. The van der Waals surface area contributed by atoms with Crippen LogP contribution in [0.3, 0.4) is 0 Å². The van der Waals surface area contributed by atoms with Crippen molar-refractivity contribution < 1.29 is 9.47 Å². The summed E-state index contributed by atoms with van der Waals surface area (Å²) in [6.07, 6.45) is 1.69. The zero-order chi connectivity index (χ0) is 14.8. The standard InChI is InChI=1S/C13H25N5O2/c1-4-11-15-12(17-14)10-13(16-11)18(7-9-20-3)6-5-8-19-2/h10H,4-9,14H2,1-3H3,(H,15,16,17). The number of hydrazine groups is 1. The molecule has 20 heavy (non-hydrogen) atoms. The highest BCUT2D eigenvalue weighted by atomic mass is 16.5. The number of aryl methyl sites for hydroxylation is 1. The molecule has 0 aliphatic carbocycles. The Morgan fingerprint density at radius 3 is 2.55 bits per heavy atom. The first-order valence-electron chi connectivity index (χ1n) is 6.82. The number of nitrogen functional groups attached to an aromatic ring is 1. The average Bonchev–Trinajstić information content (AvgIpc) is 2.50. The quantitative estimate of drug-likeness (QED) is 0.373. The van der Waals surface area contributed by atoms with E-state index in [-0.39, 0.29) is 0 Å². The normalized spacial score (nSPS) is 10.6. The molecule has 0 aliphatic heterocycles. The van der Waals surface area contributed by atoms with Gasteiger partial charge in [0.15, 0.2) is 0 Å². The van der Waals surface area contributed by atoms with Gasteiger partial charge >= 0.3 is 0 Å². The van der Waals surface area contributed by atoms with Gasteiger partial charge in [-0.25, -0.2) is 15.8 Å². The Labute approximate surface area is 120 Å². The van der Waals surface area contributed by atoms with E-state index in [1.807, 2.05) is 13.0 Å². The highest BCUT2D eigenvalue weighted by molar-refractivity contribution is 5.48. The molecule has 7 heteroatoms. The first kappa shape index (κ1) is 16.6. The van der Waals surface area contributed by atoms with E-state index in [0.29, 0.717) is 12.4 Å². The molecule has 0 saturated heterocycles. The molecule has 1 aromatic heterocycles. The van der Waals surface area contributed by atoms with Crippen LogP contribution in [-0.2, 0) is 15.9 Å². The fraction of sp³-hybridized carbons (Fsp3) is 0.692. The van der Waals surface area contributed by atoms with E-state index in [1.165, 1.54) is 0 Å². The predicted octanol–water partition coefficient (Wildman–Crippen LogP) is 0.814. The summed E-state index contributed by atoms with van der Waals surface area (Å²) in [6, 6.07) is 1.85. The average molecular weight is 283 g/mol. The Morgan fingerprint density at radius 1 is 1.20 bits per heavy atom. The van der Waals surface area contributed by atoms with Crippen molar-refractivity contribution in [3.05, 3.63) is 11.9 Å². The van der Waals surface area contributed by atoms with Crippen LogP contribution in [0.2, 0.25) is 0 Å². The van der Waals surface area contributed by atoms with Gasteiger partial charge in [-0.15, -0.1) is 0 Å². The summed E-state index contributed by atoms with van der Waals surface area (Å²) in [5, 5.41) is 0. The van der Waals surface area contributed by atoms with E-state index >= 15 is 0 Å². The van der Waals surface area contributed by atoms with Crippen LogP contribution in [0.4, 0.5) is 11.6 Å². The summed E-state index contributed by atoms with van der Waals surface area (Å²) in [5.74, 6) is 7.71. The van der Waals surface area contributed by atoms with Crippen LogP contribution in [0, 0.1) is 0 Å². The van der Waals surface area contributed by atoms with Gasteiger partial charge in [0, 0.05) is 46.4 Å². The Kier molecular flexibility index (Phi) is 7.86. The van der Waals surface area contributed by atoms with Crippen molar-refractivity contribution in [2.75, 3.05) is 50.8 Å². The minimum absolute atomic E-state index is 0.626. The third kappa shape index (κ3) is 5.28. The number of nitrogens with zero attached hydrogens (tertiary/aromatic N) is 3. The van der Waals surface area contributed by atoms with Gasteiger partial charge in [-0.3, -0.25) is 0 Å². The maximum atomic E-state index is 5.46. The minimum Gasteiger partial charge on any atom is -0.385 e. The van der Waals surface area contributed by atoms with Gasteiger partial charge in [0.25, 0.3) is 0 Å². The Bertz CT molecular complexity index is 367. The van der Waals surface area contributed by atoms with Crippen molar-refractivity contribution >= 4 is 11.6 Å². The van der Waals surface area contributed by atoms with E-state index in [4.69, 9.17) is 15.3 Å². The molecular weight excluding hydrogens is 258 g/mol. The molecule has 0 saturated carbocycles. The van der Waals surface area contributed by atoms with E-state index in [9.17, 15) is 0 Å². The van der Waals surface area contributed by atoms with Crippen LogP contribution in [-0.4, -0.2) is 50.5 Å². The lowest BCUT2D eigenvalue weighted by atomic mass is 10.3. The van der Waals surface area contributed by atoms with Crippen molar-refractivity contribution in [3.8, 4) is 0 Å². The lowest BCUT2D eigenvalue weighted by molar-refractivity contribution is 0.191. The number of rotatable bonds is 10. The summed E-state index contributed by atoms with van der Waals surface area (Å²) >= 11 is 0. The molecule has 1 rings (SSSR count). The first-order valence-corrected chi connectivity index (χ1v) is 6.82. The van der Waals surface area contributed by atoms with Gasteiger partial charge in [0.2, 0.25) is 0 Å². The summed E-state index contributed by atoms with van der Waals surface area (Å²) in [6.45, 7) is 5.00. The highest BCUT2D eigenvalue weighted by Gasteiger charge is 2.11. The van der Waals surface area contributed by atoms with Crippen LogP contribution in [0.1, 0.15) is 19.2 Å². The van der Waals surface area contributed by atoms with Crippen molar-refractivity contribution in [2.45, 2.75) is 19.8 Å². The van der Waals surface area contributed by atoms with Crippen LogP contribution in [0.5, 0.6) is 0 Å². The maximum Gasteiger partial charge on any atom is 0.145 e. The number of ether oxygens (including phenoxy) is 2. The van der Waals surface area contributed by atoms with Gasteiger partial charge < -0.3 is 19.8 Å². The third-order valence-corrected chi connectivity index (χ3v) is 2.89. The smallest absolute Gasteiger partial charge is 0.145 e. The minimum atomic E-state index is 0.626. The second-order valence-electron chi connectivity index (χ2n) is 4.35. The molecule has 114 valence electrons. The van der Waals surface area contributed by atoms with Gasteiger partial charge in [-0.1, -0.05) is 6.92 Å². The molecule has 0 amide bonds. The second-order valence-corrected chi connectivity index (χ2v) is 4.35. The zero-order valence-electron chi connectivity index (χ0n) is 12.6. The van der Waals surface area contributed by atoms with Crippen LogP contribution >= 0.6 is 0 Å². The molecule has 7 nitrogen and oxygen atoms in total. The highest BCUT2D eigenvalue weighted by Crippen LogP contribution is 2.16. The first-order chi connectivity index (χ1) is 9.74. The summed E-state index contributed by atoms with van der Waals surface area (Å²) in [7, 11) is 3.40. The fourth-order valence-electron chi connectivity index (χ4n) is 1.82. The second kappa shape index (κ2) is 9.46. The number of hydrogen-bond donors (Lipinski definition) is 2. The van der Waals surface area contributed by atoms with E-state index in [0.717, 1.165) is 44.2 Å². The van der Waals surface area contributed by atoms with Gasteiger partial charge in [-0.05, 0) is 6.42 Å². The number of anilines is 2. The predicted molar refractivity (Wildman–Crippen MR) is 79.8 cm³/mol. The molecule has 1 aromatic rings. The lowest BCUT2D eigenvalue weighted by Gasteiger charge is -2.24. The lowest BCUT2D eigenvalue weighted by Crippen LogP contribution is -2.30. The SMILES string of the molecule is CCc1nc(NN)cc(N(CCCOC)CCOC)n1. The Balaban J connectivity index is 2.86. The van der Waals surface area contributed by atoms with Gasteiger partial charge in [-0.2, -0.15) is 0 Å². The summed E-state index contributed by atoms with van der Waals surface area (Å²) in [5.41, 5.74) is 2.59. The fourth-order valence-corrected chi connectivity index (χ4v) is 1.82. The Morgan fingerprint density at radius 2 is 1.95 bits per heavy atom. The number of nitrogens with one attached hydrogen (secondary N) is 1. The van der Waals surface area contributed by atoms with Crippen LogP contribution < -0.4 is 16.2 Å². The molecule has 3 N–H and O–H groups in total. The Hall–Kier alpha value is -1.44. The largest absolute Gasteiger partial charge is 0.385 e. The topological polar surface area (TPSA) is 85.5 Å². The molecule has 0 aromatic carbocycles. The van der Waals surface area contributed by atoms with E-state index in [2.05, 4.69) is 20.3 Å². The molecule has 0 unspecified atom stereocenters. The number of hydrogen-bond acceptors (Lipinski definition) is 7. The molecule has 0 radical (unpaired) electrons. The summed E-state index contributed by atoms with van der Waals surface area (Å²) < 4.78 is 10.3. The van der Waals surface area contributed by atoms with Crippen molar-refractivity contribution in [1.82, 2.24) is 9.97 Å². The third-order valence-electron chi connectivity index (χ3n) is 2.89. The van der Waals surface area contributed by atoms with Gasteiger partial charge in [0.1, 0.15) is 17.5 Å². The number of methoxy groups -OCH3 is 2. The molecule has 0 spiro atoms. The molecule has 0 aliphatic rings. The van der Waals surface area contributed by atoms with Crippen molar-refractivity contribution in [2.24, 2.45) is 5.84 Å². The van der Waals surface area contributed by atoms with E-state index < -0.39 is 0 Å². The molecule has 1 heterocycles. The molecule has 0 bridgehead atoms. The summed E-state index contributed by atoms with van der Waals surface area (Å²) in [4.78, 5) is 11.0. The zero-order valence-corrected chi connectivity index (χ0v) is 12.6. The number of nitrogens with two attached hydrogens (primary N) is 1. The maximum absolute atomic E-state index is 5.46. The van der Waals surface area contributed by atoms with E-state index in [1.54, 1.807) is 14.2 Å². The monoisotopic (exact) mass is 283 g/mol. The number of aromatic nitrogens is 2. The molecule has 0 fully saturated rings. The molecular formula is C13H25N5O2. The van der Waals surface area contributed by atoms with Crippen LogP contribution in [0.25, 0.3) is 0 Å². The van der Waals surface area contributed by atoms with Crippen LogP contribution in [0.15, 0.2) is 6.07 Å². The van der Waals surface area contributed by atoms with Crippen molar-refractivity contribution in [3.63, 3.8) is 0 Å².